The molecule has 0 bridgehead atoms. The van der Waals surface area contributed by atoms with Crippen LogP contribution in [-0.4, -0.2) is 30.7 Å². The first-order valence-electron chi connectivity index (χ1n) is 8.51. The highest BCUT2D eigenvalue weighted by Gasteiger charge is 2.24. The summed E-state index contributed by atoms with van der Waals surface area (Å²) in [7, 11) is 1.56. The Balaban J connectivity index is 1.86. The summed E-state index contributed by atoms with van der Waals surface area (Å²) >= 11 is 1.18. The Bertz CT molecular complexity index is 985. The van der Waals surface area contributed by atoms with E-state index in [1.165, 1.54) is 11.8 Å². The van der Waals surface area contributed by atoms with Crippen LogP contribution >= 0.6 is 11.8 Å². The Labute approximate surface area is 166 Å². The van der Waals surface area contributed by atoms with Crippen LogP contribution in [0.3, 0.4) is 0 Å². The number of thioether (sulfide) groups is 1. The normalized spacial score (nSPS) is 16.3. The molecule has 1 aliphatic heterocycles. The molecule has 0 atom stereocenters. The fourth-order valence-corrected chi connectivity index (χ4v) is 3.40. The van der Waals surface area contributed by atoms with Crippen LogP contribution in [0, 0.1) is 0 Å². The lowest BCUT2D eigenvalue weighted by atomic mass is 10.2. The van der Waals surface area contributed by atoms with Gasteiger partial charge in [0.05, 0.1) is 29.9 Å². The summed E-state index contributed by atoms with van der Waals surface area (Å²) in [6.45, 7) is 2.42. The Hall–Kier alpha value is -3.26. The van der Waals surface area contributed by atoms with Crippen molar-refractivity contribution in [3.63, 3.8) is 0 Å². The van der Waals surface area contributed by atoms with E-state index in [-0.39, 0.29) is 5.91 Å². The number of carbonyl (C=O) groups is 2. The standard InChI is InChI=1S/C20H19N3O4S/c1-3-27-15-9-8-12(10-16(15)26-2)11-17-19(25)23-20(28-17)22-14-7-5-4-6-13(14)18(21)24/h4-11H,3H2,1-2H3,(H2,21,24)(H,22,23,25)/b17-11-. The number of rotatable bonds is 6. The second-order valence-electron chi connectivity index (χ2n) is 5.71. The number of nitrogens with zero attached hydrogens (tertiary/aromatic N) is 1. The quantitative estimate of drug-likeness (QED) is 0.729. The molecule has 2 amide bonds. The third-order valence-corrected chi connectivity index (χ3v) is 4.74. The van der Waals surface area contributed by atoms with E-state index in [1.807, 2.05) is 13.0 Å². The van der Waals surface area contributed by atoms with Crippen LogP contribution in [0.25, 0.3) is 6.08 Å². The summed E-state index contributed by atoms with van der Waals surface area (Å²) in [6.07, 6.45) is 1.74. The van der Waals surface area contributed by atoms with E-state index in [0.29, 0.717) is 39.4 Å². The highest BCUT2D eigenvalue weighted by Crippen LogP contribution is 2.32. The van der Waals surface area contributed by atoms with Crippen molar-refractivity contribution in [1.29, 1.82) is 0 Å². The fourth-order valence-electron chi connectivity index (χ4n) is 2.57. The summed E-state index contributed by atoms with van der Waals surface area (Å²) in [5.74, 6) is 0.379. The van der Waals surface area contributed by atoms with Gasteiger partial charge in [-0.25, -0.2) is 4.99 Å². The molecule has 2 aromatic rings. The number of aliphatic imine (C=N–C) groups is 1. The first-order valence-corrected chi connectivity index (χ1v) is 9.32. The zero-order valence-corrected chi connectivity index (χ0v) is 16.2. The SMILES string of the molecule is CCOc1ccc(/C=C2\SC(=Nc3ccccc3C(N)=O)NC2=O)cc1OC. The minimum absolute atomic E-state index is 0.270. The number of ether oxygens (including phenoxy) is 2. The van der Waals surface area contributed by atoms with Gasteiger partial charge in [-0.2, -0.15) is 0 Å². The van der Waals surface area contributed by atoms with Gasteiger partial charge in [-0.05, 0) is 54.6 Å². The van der Waals surface area contributed by atoms with E-state index in [9.17, 15) is 9.59 Å². The van der Waals surface area contributed by atoms with E-state index in [4.69, 9.17) is 15.2 Å². The van der Waals surface area contributed by atoms with Gasteiger partial charge in [0.25, 0.3) is 11.8 Å². The van der Waals surface area contributed by atoms with E-state index in [2.05, 4.69) is 10.3 Å². The summed E-state index contributed by atoms with van der Waals surface area (Å²) < 4.78 is 10.8. The summed E-state index contributed by atoms with van der Waals surface area (Å²) in [5, 5.41) is 3.07. The van der Waals surface area contributed by atoms with Crippen molar-refractivity contribution in [3.05, 3.63) is 58.5 Å². The topological polar surface area (TPSA) is 103 Å². The molecule has 1 heterocycles. The van der Waals surface area contributed by atoms with Gasteiger partial charge in [-0.1, -0.05) is 18.2 Å². The molecule has 0 unspecified atom stereocenters. The molecule has 0 saturated carbocycles. The fraction of sp³-hybridized carbons (Fsp3) is 0.150. The lowest BCUT2D eigenvalue weighted by Crippen LogP contribution is -2.19. The Kier molecular flexibility index (Phi) is 6.00. The smallest absolute Gasteiger partial charge is 0.264 e. The minimum atomic E-state index is -0.577. The molecule has 1 saturated heterocycles. The molecule has 8 heteroatoms. The van der Waals surface area contributed by atoms with Gasteiger partial charge in [-0.3, -0.25) is 9.59 Å². The van der Waals surface area contributed by atoms with Crippen LogP contribution in [0.15, 0.2) is 52.4 Å². The monoisotopic (exact) mass is 397 g/mol. The molecule has 3 rings (SSSR count). The maximum atomic E-state index is 12.3. The third-order valence-electron chi connectivity index (χ3n) is 3.83. The van der Waals surface area contributed by atoms with Crippen LogP contribution in [0.1, 0.15) is 22.8 Å². The number of primary amides is 1. The van der Waals surface area contributed by atoms with E-state index >= 15 is 0 Å². The average molecular weight is 397 g/mol. The van der Waals surface area contributed by atoms with Gasteiger partial charge in [0.2, 0.25) is 0 Å². The van der Waals surface area contributed by atoms with E-state index in [0.717, 1.165) is 5.56 Å². The molecule has 0 aromatic heterocycles. The summed E-state index contributed by atoms with van der Waals surface area (Å²) in [5.41, 5.74) is 6.85. The molecule has 1 aliphatic rings. The largest absolute Gasteiger partial charge is 0.493 e. The molecular formula is C20H19N3O4S. The molecule has 28 heavy (non-hydrogen) atoms. The number of nitrogens with two attached hydrogens (primary N) is 1. The van der Waals surface area contributed by atoms with Crippen LogP contribution in [-0.2, 0) is 4.79 Å². The van der Waals surface area contributed by atoms with Crippen molar-refractivity contribution < 1.29 is 19.1 Å². The van der Waals surface area contributed by atoms with Gasteiger partial charge in [-0.15, -0.1) is 0 Å². The number of para-hydroxylation sites is 1. The zero-order chi connectivity index (χ0) is 20.1. The van der Waals surface area contributed by atoms with Gasteiger partial charge in [0.15, 0.2) is 16.7 Å². The van der Waals surface area contributed by atoms with Crippen LogP contribution in [0.5, 0.6) is 11.5 Å². The van der Waals surface area contributed by atoms with Crippen molar-refractivity contribution >= 4 is 40.5 Å². The van der Waals surface area contributed by atoms with Gasteiger partial charge in [0, 0.05) is 0 Å². The number of amidine groups is 1. The molecule has 0 aliphatic carbocycles. The number of hydrogen-bond donors (Lipinski definition) is 2. The molecule has 3 N–H and O–H groups in total. The lowest BCUT2D eigenvalue weighted by molar-refractivity contribution is -0.115. The predicted molar refractivity (Wildman–Crippen MR) is 110 cm³/mol. The number of nitrogens with one attached hydrogen (secondary N) is 1. The van der Waals surface area contributed by atoms with Crippen molar-refractivity contribution in [3.8, 4) is 11.5 Å². The number of benzene rings is 2. The highest BCUT2D eigenvalue weighted by molar-refractivity contribution is 8.18. The van der Waals surface area contributed by atoms with Crippen molar-refractivity contribution in [1.82, 2.24) is 5.32 Å². The molecule has 1 fully saturated rings. The predicted octanol–water partition coefficient (Wildman–Crippen LogP) is 3.08. The molecule has 7 nitrogen and oxygen atoms in total. The van der Waals surface area contributed by atoms with Crippen molar-refractivity contribution in [2.75, 3.05) is 13.7 Å². The number of methoxy groups -OCH3 is 1. The molecule has 0 radical (unpaired) electrons. The van der Waals surface area contributed by atoms with Crippen molar-refractivity contribution in [2.45, 2.75) is 6.92 Å². The average Bonchev–Trinajstić information content (AvgIpc) is 3.02. The third kappa shape index (κ3) is 4.34. The first-order chi connectivity index (χ1) is 13.5. The Morgan fingerprint density at radius 1 is 1.25 bits per heavy atom. The van der Waals surface area contributed by atoms with Gasteiger partial charge >= 0.3 is 0 Å². The maximum absolute atomic E-state index is 12.3. The van der Waals surface area contributed by atoms with Gasteiger partial charge < -0.3 is 20.5 Å². The summed E-state index contributed by atoms with van der Waals surface area (Å²) in [6, 6.07) is 12.1. The molecule has 2 aromatic carbocycles. The Morgan fingerprint density at radius 3 is 2.75 bits per heavy atom. The molecular weight excluding hydrogens is 378 g/mol. The molecule has 0 spiro atoms. The van der Waals surface area contributed by atoms with Crippen molar-refractivity contribution in [2.24, 2.45) is 10.7 Å². The number of amides is 2. The highest BCUT2D eigenvalue weighted by atomic mass is 32.2. The number of hydrogen-bond acceptors (Lipinski definition) is 6. The maximum Gasteiger partial charge on any atom is 0.264 e. The zero-order valence-electron chi connectivity index (χ0n) is 15.4. The molecule has 144 valence electrons. The first kappa shape index (κ1) is 19.5. The van der Waals surface area contributed by atoms with E-state index in [1.54, 1.807) is 49.6 Å². The second kappa shape index (κ2) is 8.62. The number of carbonyl (C=O) groups excluding carboxylic acids is 2. The van der Waals surface area contributed by atoms with Crippen LogP contribution in [0.2, 0.25) is 0 Å². The van der Waals surface area contributed by atoms with Crippen LogP contribution in [0.4, 0.5) is 5.69 Å². The minimum Gasteiger partial charge on any atom is -0.493 e. The van der Waals surface area contributed by atoms with Gasteiger partial charge in [0.1, 0.15) is 0 Å². The van der Waals surface area contributed by atoms with Crippen LogP contribution < -0.4 is 20.5 Å². The second-order valence-corrected chi connectivity index (χ2v) is 6.74. The summed E-state index contributed by atoms with van der Waals surface area (Å²) in [4.78, 5) is 28.6. The van der Waals surface area contributed by atoms with E-state index < -0.39 is 5.91 Å². The lowest BCUT2D eigenvalue weighted by Gasteiger charge is -2.09. The Morgan fingerprint density at radius 2 is 2.04 bits per heavy atom.